The van der Waals surface area contributed by atoms with Gasteiger partial charge in [-0.15, -0.1) is 0 Å². The van der Waals surface area contributed by atoms with E-state index in [1.807, 2.05) is 12.1 Å². The van der Waals surface area contributed by atoms with Crippen LogP contribution < -0.4 is 10.6 Å². The molecule has 0 bridgehead atoms. The molecule has 2 aromatic heterocycles. The van der Waals surface area contributed by atoms with Gasteiger partial charge in [0.2, 0.25) is 5.91 Å². The summed E-state index contributed by atoms with van der Waals surface area (Å²) in [4.78, 5) is 30.2. The summed E-state index contributed by atoms with van der Waals surface area (Å²) in [6, 6.07) is 8.79. The molecule has 0 aliphatic carbocycles. The quantitative estimate of drug-likeness (QED) is 0.901. The van der Waals surface area contributed by atoms with Crippen molar-refractivity contribution in [2.75, 3.05) is 18.4 Å². The number of nitrogens with zero attached hydrogens (tertiary/aromatic N) is 2. The van der Waals surface area contributed by atoms with Crippen LogP contribution in [0.4, 0.5) is 10.6 Å². The Bertz CT molecular complexity index is 664. The van der Waals surface area contributed by atoms with Crippen molar-refractivity contribution in [3.05, 3.63) is 48.6 Å². The monoisotopic (exact) mass is 328 g/mol. The zero-order valence-electron chi connectivity index (χ0n) is 13.3. The highest BCUT2D eigenvalue weighted by atomic mass is 16.3. The van der Waals surface area contributed by atoms with Crippen molar-refractivity contribution < 1.29 is 14.0 Å². The van der Waals surface area contributed by atoms with Crippen molar-refractivity contribution in [2.45, 2.75) is 19.4 Å². The van der Waals surface area contributed by atoms with Crippen LogP contribution in [0.1, 0.15) is 18.6 Å². The molecule has 1 aliphatic rings. The Kier molecular flexibility index (Phi) is 5.10. The van der Waals surface area contributed by atoms with Crippen LogP contribution in [0.3, 0.4) is 0 Å². The number of anilines is 1. The van der Waals surface area contributed by atoms with Crippen LogP contribution >= 0.6 is 0 Å². The van der Waals surface area contributed by atoms with E-state index in [0.29, 0.717) is 38.3 Å². The fourth-order valence-corrected chi connectivity index (χ4v) is 2.70. The molecule has 0 atom stereocenters. The number of nitrogens with one attached hydrogen (secondary N) is 2. The molecule has 3 heterocycles. The number of amides is 3. The molecule has 7 nitrogen and oxygen atoms in total. The van der Waals surface area contributed by atoms with Gasteiger partial charge in [0.15, 0.2) is 0 Å². The molecule has 126 valence electrons. The third-order valence-corrected chi connectivity index (χ3v) is 4.07. The molecule has 1 aliphatic heterocycles. The van der Waals surface area contributed by atoms with Gasteiger partial charge in [0.1, 0.15) is 11.6 Å². The number of piperidine rings is 1. The van der Waals surface area contributed by atoms with Crippen molar-refractivity contribution in [1.82, 2.24) is 15.2 Å². The minimum absolute atomic E-state index is 0.0104. The summed E-state index contributed by atoms with van der Waals surface area (Å²) in [5.41, 5.74) is 0. The van der Waals surface area contributed by atoms with E-state index >= 15 is 0 Å². The smallest absolute Gasteiger partial charge is 0.323 e. The van der Waals surface area contributed by atoms with Gasteiger partial charge in [-0.3, -0.25) is 10.1 Å². The average Bonchev–Trinajstić information content (AvgIpc) is 3.14. The van der Waals surface area contributed by atoms with Gasteiger partial charge >= 0.3 is 6.03 Å². The maximum atomic E-state index is 12.2. The molecule has 2 N–H and O–H groups in total. The third-order valence-electron chi connectivity index (χ3n) is 4.07. The zero-order chi connectivity index (χ0) is 16.8. The predicted octanol–water partition coefficient (Wildman–Crippen LogP) is 2.23. The Hall–Kier alpha value is -2.83. The third kappa shape index (κ3) is 4.13. The molecular formula is C17H20N4O3. The Morgan fingerprint density at radius 3 is 2.71 bits per heavy atom. The average molecular weight is 328 g/mol. The molecule has 2 aromatic rings. The van der Waals surface area contributed by atoms with E-state index in [9.17, 15) is 9.59 Å². The summed E-state index contributed by atoms with van der Waals surface area (Å²) in [6.45, 7) is 1.50. The summed E-state index contributed by atoms with van der Waals surface area (Å²) in [5, 5.41) is 5.64. The van der Waals surface area contributed by atoms with Gasteiger partial charge < -0.3 is 14.6 Å². The molecule has 0 unspecified atom stereocenters. The summed E-state index contributed by atoms with van der Waals surface area (Å²) >= 11 is 0. The first-order chi connectivity index (χ1) is 11.7. The van der Waals surface area contributed by atoms with Crippen molar-refractivity contribution in [3.8, 4) is 0 Å². The normalized spacial score (nSPS) is 15.1. The summed E-state index contributed by atoms with van der Waals surface area (Å²) < 4.78 is 5.19. The van der Waals surface area contributed by atoms with Crippen molar-refractivity contribution >= 4 is 17.8 Å². The minimum atomic E-state index is -0.178. The molecule has 0 spiro atoms. The van der Waals surface area contributed by atoms with Crippen LogP contribution in [0.25, 0.3) is 0 Å². The number of aromatic nitrogens is 1. The van der Waals surface area contributed by atoms with E-state index in [0.717, 1.165) is 5.76 Å². The molecule has 3 amide bonds. The van der Waals surface area contributed by atoms with E-state index in [4.69, 9.17) is 4.42 Å². The van der Waals surface area contributed by atoms with Crippen LogP contribution in [-0.4, -0.2) is 34.9 Å². The van der Waals surface area contributed by atoms with Crippen LogP contribution in [0.5, 0.6) is 0 Å². The molecular weight excluding hydrogens is 308 g/mol. The maximum absolute atomic E-state index is 12.2. The second kappa shape index (κ2) is 7.63. The minimum Gasteiger partial charge on any atom is -0.467 e. The molecule has 3 rings (SSSR count). The Morgan fingerprint density at radius 1 is 1.21 bits per heavy atom. The Labute approximate surface area is 140 Å². The molecule has 0 aromatic carbocycles. The lowest BCUT2D eigenvalue weighted by atomic mass is 9.96. The van der Waals surface area contributed by atoms with E-state index in [2.05, 4.69) is 15.6 Å². The topological polar surface area (TPSA) is 87.5 Å². The lowest BCUT2D eigenvalue weighted by molar-refractivity contribution is -0.126. The first-order valence-electron chi connectivity index (χ1n) is 7.99. The van der Waals surface area contributed by atoms with Crippen LogP contribution in [0, 0.1) is 5.92 Å². The lowest BCUT2D eigenvalue weighted by Crippen LogP contribution is -2.44. The molecule has 7 heteroatoms. The summed E-state index contributed by atoms with van der Waals surface area (Å²) in [6.07, 6.45) is 4.52. The van der Waals surface area contributed by atoms with Gasteiger partial charge in [-0.2, -0.15) is 0 Å². The summed E-state index contributed by atoms with van der Waals surface area (Å²) in [7, 11) is 0. The molecule has 1 fully saturated rings. The van der Waals surface area contributed by atoms with E-state index in [-0.39, 0.29) is 17.9 Å². The molecule has 24 heavy (non-hydrogen) atoms. The number of furan rings is 1. The fraction of sp³-hybridized carbons (Fsp3) is 0.353. The van der Waals surface area contributed by atoms with Gasteiger partial charge in [0.25, 0.3) is 0 Å². The van der Waals surface area contributed by atoms with Crippen LogP contribution in [0.15, 0.2) is 47.2 Å². The SMILES string of the molecule is O=C(NCc1ccco1)C1CCN(C(=O)Nc2ccccn2)CC1. The largest absolute Gasteiger partial charge is 0.467 e. The number of likely N-dealkylation sites (tertiary alicyclic amines) is 1. The van der Waals surface area contributed by atoms with Gasteiger partial charge in [-0.05, 0) is 37.1 Å². The number of urea groups is 1. The van der Waals surface area contributed by atoms with Crippen LogP contribution in [0.2, 0.25) is 0 Å². The Balaban J connectivity index is 1.43. The Morgan fingerprint density at radius 2 is 2.04 bits per heavy atom. The first-order valence-corrected chi connectivity index (χ1v) is 7.99. The second-order valence-electron chi connectivity index (χ2n) is 5.70. The first kappa shape index (κ1) is 16.0. The number of hydrogen-bond acceptors (Lipinski definition) is 4. The number of rotatable bonds is 4. The van der Waals surface area contributed by atoms with Crippen molar-refractivity contribution in [3.63, 3.8) is 0 Å². The fourth-order valence-electron chi connectivity index (χ4n) is 2.70. The highest BCUT2D eigenvalue weighted by molar-refractivity contribution is 5.88. The number of carbonyl (C=O) groups is 2. The van der Waals surface area contributed by atoms with Gasteiger partial charge in [0.05, 0.1) is 12.8 Å². The molecule has 1 saturated heterocycles. The second-order valence-corrected chi connectivity index (χ2v) is 5.70. The number of carbonyl (C=O) groups excluding carboxylic acids is 2. The molecule has 0 radical (unpaired) electrons. The number of pyridine rings is 1. The maximum Gasteiger partial charge on any atom is 0.323 e. The highest BCUT2D eigenvalue weighted by Gasteiger charge is 2.27. The lowest BCUT2D eigenvalue weighted by Gasteiger charge is -2.31. The van der Waals surface area contributed by atoms with Crippen molar-refractivity contribution in [2.24, 2.45) is 5.92 Å². The van der Waals surface area contributed by atoms with Gasteiger partial charge in [0, 0.05) is 25.2 Å². The van der Waals surface area contributed by atoms with Gasteiger partial charge in [-0.25, -0.2) is 9.78 Å². The standard InChI is InChI=1S/C17H20N4O3/c22-16(19-12-14-4-3-11-24-14)13-6-9-21(10-7-13)17(23)20-15-5-1-2-8-18-15/h1-5,8,11,13H,6-7,9-10,12H2,(H,19,22)(H,18,20,23). The zero-order valence-corrected chi connectivity index (χ0v) is 13.3. The van der Waals surface area contributed by atoms with Crippen molar-refractivity contribution in [1.29, 1.82) is 0 Å². The van der Waals surface area contributed by atoms with Crippen LogP contribution in [-0.2, 0) is 11.3 Å². The van der Waals surface area contributed by atoms with E-state index in [1.165, 1.54) is 0 Å². The van der Waals surface area contributed by atoms with Gasteiger partial charge in [-0.1, -0.05) is 6.07 Å². The highest BCUT2D eigenvalue weighted by Crippen LogP contribution is 2.18. The number of hydrogen-bond donors (Lipinski definition) is 2. The molecule has 0 saturated carbocycles. The predicted molar refractivity (Wildman–Crippen MR) is 88.1 cm³/mol. The van der Waals surface area contributed by atoms with E-state index in [1.54, 1.807) is 35.6 Å². The van der Waals surface area contributed by atoms with E-state index < -0.39 is 0 Å². The summed E-state index contributed by atoms with van der Waals surface area (Å²) in [5.74, 6) is 1.20.